The van der Waals surface area contributed by atoms with E-state index in [-0.39, 0.29) is 20.6 Å². The quantitative estimate of drug-likeness (QED) is 0.562. The van der Waals surface area contributed by atoms with Crippen molar-refractivity contribution >= 4 is 40.8 Å². The van der Waals surface area contributed by atoms with Gasteiger partial charge in [-0.25, -0.2) is 4.79 Å². The summed E-state index contributed by atoms with van der Waals surface area (Å²) in [4.78, 5) is 11.8. The Balaban J connectivity index is 2.67. The molecule has 0 heterocycles. The molecular formula is C13H14Cl3O2. The zero-order valence-corrected chi connectivity index (χ0v) is 12.5. The van der Waals surface area contributed by atoms with E-state index >= 15 is 0 Å². The minimum absolute atomic E-state index is 0.0818. The van der Waals surface area contributed by atoms with Crippen LogP contribution in [0.4, 0.5) is 0 Å². The van der Waals surface area contributed by atoms with Crippen molar-refractivity contribution in [2.75, 3.05) is 6.61 Å². The van der Waals surface area contributed by atoms with Gasteiger partial charge in [0.25, 0.3) is 0 Å². The second-order valence-electron chi connectivity index (χ2n) is 4.09. The molecule has 1 aromatic rings. The van der Waals surface area contributed by atoms with Gasteiger partial charge in [-0.1, -0.05) is 55.1 Å². The van der Waals surface area contributed by atoms with E-state index in [4.69, 9.17) is 39.5 Å². The van der Waals surface area contributed by atoms with Crippen molar-refractivity contribution in [1.82, 2.24) is 0 Å². The maximum absolute atomic E-state index is 11.8. The third kappa shape index (κ3) is 4.34. The first-order valence-corrected chi connectivity index (χ1v) is 6.83. The molecule has 0 fully saturated rings. The van der Waals surface area contributed by atoms with Gasteiger partial charge in [-0.05, 0) is 18.4 Å². The highest BCUT2D eigenvalue weighted by Gasteiger charge is 2.16. The van der Waals surface area contributed by atoms with Crippen LogP contribution < -0.4 is 0 Å². The number of halogens is 3. The molecule has 2 nitrogen and oxygen atoms in total. The molecule has 99 valence electrons. The molecule has 0 aliphatic rings. The van der Waals surface area contributed by atoms with E-state index in [9.17, 15) is 4.79 Å². The average Bonchev–Trinajstić information content (AvgIpc) is 2.33. The fourth-order valence-electron chi connectivity index (χ4n) is 1.27. The van der Waals surface area contributed by atoms with Crippen molar-refractivity contribution in [3.05, 3.63) is 32.8 Å². The lowest BCUT2D eigenvalue weighted by Crippen LogP contribution is -2.09. The molecule has 0 spiro atoms. The molecule has 1 rings (SSSR count). The lowest BCUT2D eigenvalue weighted by atomic mass is 10.1. The minimum Gasteiger partial charge on any atom is -0.462 e. The Kier molecular flexibility index (Phi) is 6.27. The normalized spacial score (nSPS) is 12.3. The summed E-state index contributed by atoms with van der Waals surface area (Å²) < 4.78 is 5.12. The number of hydrogen-bond acceptors (Lipinski definition) is 2. The maximum atomic E-state index is 11.8. The van der Waals surface area contributed by atoms with Crippen LogP contribution in [-0.2, 0) is 4.74 Å². The summed E-state index contributed by atoms with van der Waals surface area (Å²) in [7, 11) is 0. The van der Waals surface area contributed by atoms with Gasteiger partial charge >= 0.3 is 5.97 Å². The number of carbonyl (C=O) groups excluding carboxylic acids is 1. The summed E-state index contributed by atoms with van der Waals surface area (Å²) in [5.41, 5.74) is 0.0818. The van der Waals surface area contributed by atoms with Gasteiger partial charge in [0.1, 0.15) is 0 Å². The van der Waals surface area contributed by atoms with Crippen LogP contribution in [0, 0.1) is 12.0 Å². The number of ether oxygens (including phenoxy) is 1. The van der Waals surface area contributed by atoms with Gasteiger partial charge < -0.3 is 4.74 Å². The Morgan fingerprint density at radius 3 is 2.72 bits per heavy atom. The molecule has 1 radical (unpaired) electrons. The molecule has 0 aliphatic heterocycles. The molecule has 0 saturated heterocycles. The van der Waals surface area contributed by atoms with Crippen LogP contribution in [0.2, 0.25) is 15.1 Å². The second kappa shape index (κ2) is 7.22. The van der Waals surface area contributed by atoms with Crippen LogP contribution in [0.1, 0.15) is 37.0 Å². The molecular weight excluding hydrogens is 294 g/mol. The number of carbonyl (C=O) groups is 1. The van der Waals surface area contributed by atoms with Gasteiger partial charge in [0, 0.05) is 6.07 Å². The van der Waals surface area contributed by atoms with Crippen LogP contribution in [-0.4, -0.2) is 12.6 Å². The lowest BCUT2D eigenvalue weighted by molar-refractivity contribution is 0.0484. The topological polar surface area (TPSA) is 26.3 Å². The van der Waals surface area contributed by atoms with Crippen molar-refractivity contribution in [2.45, 2.75) is 26.7 Å². The Bertz CT molecular complexity index is 432. The number of rotatable bonds is 5. The van der Waals surface area contributed by atoms with Crippen LogP contribution in [0.25, 0.3) is 0 Å². The smallest absolute Gasteiger partial charge is 0.340 e. The highest BCUT2D eigenvalue weighted by atomic mass is 35.5. The predicted molar refractivity (Wildman–Crippen MR) is 74.7 cm³/mol. The minimum atomic E-state index is -0.548. The molecule has 18 heavy (non-hydrogen) atoms. The van der Waals surface area contributed by atoms with Crippen molar-refractivity contribution in [3.8, 4) is 0 Å². The monoisotopic (exact) mass is 307 g/mol. The van der Waals surface area contributed by atoms with Crippen molar-refractivity contribution < 1.29 is 9.53 Å². The Morgan fingerprint density at radius 1 is 1.44 bits per heavy atom. The first-order chi connectivity index (χ1) is 8.45. The van der Waals surface area contributed by atoms with Crippen LogP contribution in [0.5, 0.6) is 0 Å². The largest absolute Gasteiger partial charge is 0.462 e. The van der Waals surface area contributed by atoms with E-state index in [1.165, 1.54) is 6.07 Å². The Labute approximate surface area is 122 Å². The van der Waals surface area contributed by atoms with Gasteiger partial charge in [-0.2, -0.15) is 0 Å². The summed E-state index contributed by atoms with van der Waals surface area (Å²) in [5, 5.41) is 0.571. The zero-order chi connectivity index (χ0) is 13.7. The first-order valence-electron chi connectivity index (χ1n) is 5.69. The van der Waals surface area contributed by atoms with Crippen LogP contribution in [0.15, 0.2) is 6.07 Å². The van der Waals surface area contributed by atoms with E-state index in [0.717, 1.165) is 12.8 Å². The standard InChI is InChI=1S/C13H14Cl3O2/c1-3-8(2)4-5-18-13(17)10-6-9(14)7-11(15)12(10)16/h7-8H,3-5H2,1-2H3. The Morgan fingerprint density at radius 2 is 2.11 bits per heavy atom. The molecule has 1 unspecified atom stereocenters. The van der Waals surface area contributed by atoms with Crippen molar-refractivity contribution in [3.63, 3.8) is 0 Å². The fourth-order valence-corrected chi connectivity index (χ4v) is 1.92. The molecule has 0 amide bonds. The van der Waals surface area contributed by atoms with Gasteiger partial charge in [0.15, 0.2) is 0 Å². The SMILES string of the molecule is CCC(C)CCOC(=O)c1[c]c(Cl)cc(Cl)c1Cl. The average molecular weight is 309 g/mol. The molecule has 0 saturated carbocycles. The van der Waals surface area contributed by atoms with Crippen LogP contribution in [0.3, 0.4) is 0 Å². The molecule has 0 aliphatic carbocycles. The second-order valence-corrected chi connectivity index (χ2v) is 5.28. The van der Waals surface area contributed by atoms with Gasteiger partial charge in [0.2, 0.25) is 0 Å². The third-order valence-electron chi connectivity index (χ3n) is 2.67. The molecule has 0 bridgehead atoms. The number of esters is 1. The molecule has 5 heteroatoms. The lowest BCUT2D eigenvalue weighted by Gasteiger charge is -2.10. The van der Waals surface area contributed by atoms with Gasteiger partial charge in [-0.15, -0.1) is 0 Å². The zero-order valence-electron chi connectivity index (χ0n) is 10.2. The number of hydrogen-bond donors (Lipinski definition) is 0. The van der Waals surface area contributed by atoms with Crippen molar-refractivity contribution in [2.24, 2.45) is 5.92 Å². The fraction of sp³-hybridized carbons (Fsp3) is 0.462. The van der Waals surface area contributed by atoms with E-state index in [1.807, 2.05) is 0 Å². The summed E-state index contributed by atoms with van der Waals surface area (Å²) in [6.45, 7) is 4.54. The van der Waals surface area contributed by atoms with Crippen LogP contribution >= 0.6 is 34.8 Å². The van der Waals surface area contributed by atoms with E-state index in [1.54, 1.807) is 0 Å². The molecule has 1 atom stereocenters. The Hall–Kier alpha value is -0.440. The summed E-state index contributed by atoms with van der Waals surface area (Å²) >= 11 is 17.5. The summed E-state index contributed by atoms with van der Waals surface area (Å²) in [6.07, 6.45) is 1.86. The summed E-state index contributed by atoms with van der Waals surface area (Å²) in [6, 6.07) is 4.07. The highest BCUT2D eigenvalue weighted by Crippen LogP contribution is 2.29. The predicted octanol–water partition coefficient (Wildman–Crippen LogP) is 5.04. The maximum Gasteiger partial charge on any atom is 0.340 e. The van der Waals surface area contributed by atoms with Gasteiger partial charge in [0.05, 0.1) is 27.2 Å². The van der Waals surface area contributed by atoms with E-state index < -0.39 is 5.97 Å². The van der Waals surface area contributed by atoms with E-state index in [2.05, 4.69) is 19.9 Å². The summed E-state index contributed by atoms with van der Waals surface area (Å²) in [5.74, 6) is -0.0343. The highest BCUT2D eigenvalue weighted by molar-refractivity contribution is 6.44. The van der Waals surface area contributed by atoms with Crippen molar-refractivity contribution in [1.29, 1.82) is 0 Å². The van der Waals surface area contributed by atoms with Gasteiger partial charge in [-0.3, -0.25) is 0 Å². The first kappa shape index (κ1) is 15.6. The van der Waals surface area contributed by atoms with E-state index in [0.29, 0.717) is 12.5 Å². The molecule has 0 aromatic heterocycles. The molecule has 1 aromatic carbocycles. The third-order valence-corrected chi connectivity index (χ3v) is 3.66. The molecule has 0 N–H and O–H groups in total. The number of benzene rings is 1.